The fraction of sp³-hybridized carbons (Fsp3) is 0.375. The van der Waals surface area contributed by atoms with Gasteiger partial charge in [-0.3, -0.25) is 9.59 Å². The molecule has 0 spiro atoms. The van der Waals surface area contributed by atoms with Gasteiger partial charge in [0.05, 0.1) is 5.56 Å². The molecule has 1 N–H and O–H groups in total. The number of imidazole rings is 1. The van der Waals surface area contributed by atoms with Gasteiger partial charge in [0, 0.05) is 53.8 Å². The number of rotatable bonds is 7. The van der Waals surface area contributed by atoms with Crippen LogP contribution in [0.2, 0.25) is 10.0 Å². The van der Waals surface area contributed by atoms with E-state index in [0.29, 0.717) is 33.6 Å². The molecule has 0 atom stereocenters. The van der Waals surface area contributed by atoms with Crippen LogP contribution in [-0.4, -0.2) is 45.7 Å². The van der Waals surface area contributed by atoms with Gasteiger partial charge in [-0.2, -0.15) is 0 Å². The first kappa shape index (κ1) is 22.6. The Hall–Kier alpha value is -2.57. The summed E-state index contributed by atoms with van der Waals surface area (Å²) in [6.45, 7) is 2.16. The van der Waals surface area contributed by atoms with Gasteiger partial charge in [0.1, 0.15) is 5.65 Å². The second kappa shape index (κ2) is 10.4. The molecule has 6 nitrogen and oxygen atoms in total. The zero-order valence-corrected chi connectivity index (χ0v) is 19.3. The van der Waals surface area contributed by atoms with E-state index in [-0.39, 0.29) is 11.8 Å². The fourth-order valence-electron chi connectivity index (χ4n) is 4.20. The van der Waals surface area contributed by atoms with E-state index in [1.54, 1.807) is 36.7 Å². The average molecular weight is 473 g/mol. The van der Waals surface area contributed by atoms with E-state index < -0.39 is 0 Å². The topological polar surface area (TPSA) is 66.7 Å². The second-order valence-corrected chi connectivity index (χ2v) is 9.13. The van der Waals surface area contributed by atoms with E-state index in [4.69, 9.17) is 23.2 Å². The van der Waals surface area contributed by atoms with Crippen molar-refractivity contribution in [3.63, 3.8) is 0 Å². The number of halogens is 2. The molecule has 2 aromatic heterocycles. The first-order valence-corrected chi connectivity index (χ1v) is 11.7. The predicted molar refractivity (Wildman–Crippen MR) is 126 cm³/mol. The minimum Gasteiger partial charge on any atom is -0.352 e. The molecule has 1 aliphatic rings. The number of nitrogens with zero attached hydrogens (tertiary/aromatic N) is 3. The fourth-order valence-corrected chi connectivity index (χ4v) is 4.73. The smallest absolute Gasteiger partial charge is 0.253 e. The van der Waals surface area contributed by atoms with E-state index >= 15 is 0 Å². The summed E-state index contributed by atoms with van der Waals surface area (Å²) in [5.74, 6) is 0.541. The molecule has 8 heteroatoms. The van der Waals surface area contributed by atoms with Crippen LogP contribution in [0.5, 0.6) is 0 Å². The van der Waals surface area contributed by atoms with Crippen molar-refractivity contribution < 1.29 is 9.59 Å². The average Bonchev–Trinajstić information content (AvgIpc) is 3.26. The molecular weight excluding hydrogens is 447 g/mol. The van der Waals surface area contributed by atoms with Gasteiger partial charge in [0.2, 0.25) is 0 Å². The largest absolute Gasteiger partial charge is 0.352 e. The highest BCUT2D eigenvalue weighted by atomic mass is 35.5. The summed E-state index contributed by atoms with van der Waals surface area (Å²) in [5.41, 5.74) is 2.00. The van der Waals surface area contributed by atoms with Crippen LogP contribution < -0.4 is 5.32 Å². The summed E-state index contributed by atoms with van der Waals surface area (Å²) in [6, 6.07) is 8.61. The molecule has 3 aromatic rings. The number of likely N-dealkylation sites (tertiary alicyclic amines) is 1. The lowest BCUT2D eigenvalue weighted by Crippen LogP contribution is -2.38. The SMILES string of the molecule is O=C(NCCCCC1CCN(C(=O)c2cc(Cl)cc(Cl)c2)CC1)c1ccc2nccn2c1. The number of fused-ring (bicyclic) bond motifs is 1. The maximum Gasteiger partial charge on any atom is 0.253 e. The molecule has 2 amide bonds. The Morgan fingerprint density at radius 2 is 1.78 bits per heavy atom. The van der Waals surface area contributed by atoms with Gasteiger partial charge >= 0.3 is 0 Å². The highest BCUT2D eigenvalue weighted by Gasteiger charge is 2.23. The van der Waals surface area contributed by atoms with Gasteiger partial charge in [0.15, 0.2) is 0 Å². The molecule has 3 heterocycles. The van der Waals surface area contributed by atoms with E-state index in [9.17, 15) is 9.59 Å². The van der Waals surface area contributed by atoms with Crippen molar-refractivity contribution in [3.8, 4) is 0 Å². The van der Waals surface area contributed by atoms with Gasteiger partial charge in [-0.05, 0) is 55.5 Å². The normalized spacial score (nSPS) is 14.6. The molecule has 0 radical (unpaired) electrons. The lowest BCUT2D eigenvalue weighted by Gasteiger charge is -2.32. The Kier molecular flexibility index (Phi) is 7.33. The van der Waals surface area contributed by atoms with Crippen LogP contribution in [0.4, 0.5) is 0 Å². The van der Waals surface area contributed by atoms with E-state index in [1.807, 2.05) is 21.6 Å². The number of carbonyl (C=O) groups excluding carboxylic acids is 2. The Labute approximate surface area is 197 Å². The van der Waals surface area contributed by atoms with Crippen molar-refractivity contribution >= 4 is 40.7 Å². The number of unbranched alkanes of at least 4 members (excludes halogenated alkanes) is 1. The molecule has 0 bridgehead atoms. The van der Waals surface area contributed by atoms with Crippen molar-refractivity contribution in [1.29, 1.82) is 0 Å². The van der Waals surface area contributed by atoms with Gasteiger partial charge in [0.25, 0.3) is 11.8 Å². The number of aromatic nitrogens is 2. The minimum atomic E-state index is -0.0615. The van der Waals surface area contributed by atoms with Crippen LogP contribution in [0.1, 0.15) is 52.8 Å². The summed E-state index contributed by atoms with van der Waals surface area (Å²) >= 11 is 12.1. The number of amides is 2. The van der Waals surface area contributed by atoms with Gasteiger partial charge in [-0.1, -0.05) is 36.0 Å². The molecule has 1 saturated heterocycles. The Morgan fingerprint density at radius 1 is 1.03 bits per heavy atom. The zero-order valence-electron chi connectivity index (χ0n) is 17.8. The van der Waals surface area contributed by atoms with Crippen molar-refractivity contribution in [2.75, 3.05) is 19.6 Å². The van der Waals surface area contributed by atoms with Crippen LogP contribution >= 0.6 is 23.2 Å². The molecule has 32 heavy (non-hydrogen) atoms. The number of hydrogen-bond acceptors (Lipinski definition) is 3. The van der Waals surface area contributed by atoms with Crippen LogP contribution in [-0.2, 0) is 0 Å². The van der Waals surface area contributed by atoms with Crippen molar-refractivity contribution in [1.82, 2.24) is 19.6 Å². The molecule has 0 saturated carbocycles. The third-order valence-corrected chi connectivity index (χ3v) is 6.42. The standard InChI is InChI=1S/C24H26Cl2N4O2/c25-20-13-19(14-21(26)15-20)24(32)29-10-6-17(7-11-29)3-1-2-8-28-23(31)18-4-5-22-27-9-12-30(22)16-18/h4-5,9,12-17H,1-3,6-8,10-11H2,(H,28,31). The summed E-state index contributed by atoms with van der Waals surface area (Å²) in [4.78, 5) is 31.1. The van der Waals surface area contributed by atoms with Crippen LogP contribution in [0, 0.1) is 5.92 Å². The number of benzene rings is 1. The van der Waals surface area contributed by atoms with E-state index in [0.717, 1.165) is 50.8 Å². The summed E-state index contributed by atoms with van der Waals surface area (Å²) < 4.78 is 1.84. The highest BCUT2D eigenvalue weighted by Crippen LogP contribution is 2.25. The second-order valence-electron chi connectivity index (χ2n) is 8.26. The number of piperidine rings is 1. The number of nitrogens with one attached hydrogen (secondary N) is 1. The molecule has 4 rings (SSSR count). The lowest BCUT2D eigenvalue weighted by atomic mass is 9.91. The van der Waals surface area contributed by atoms with Gasteiger partial charge in [-0.25, -0.2) is 4.98 Å². The molecule has 0 aliphatic carbocycles. The van der Waals surface area contributed by atoms with Crippen molar-refractivity contribution in [2.24, 2.45) is 5.92 Å². The highest BCUT2D eigenvalue weighted by molar-refractivity contribution is 6.35. The summed E-state index contributed by atoms with van der Waals surface area (Å²) in [7, 11) is 0. The van der Waals surface area contributed by atoms with Crippen molar-refractivity contribution in [3.05, 3.63) is 70.1 Å². The predicted octanol–water partition coefficient (Wildman–Crippen LogP) is 5.09. The molecule has 0 unspecified atom stereocenters. The Balaban J connectivity index is 1.14. The zero-order chi connectivity index (χ0) is 22.5. The van der Waals surface area contributed by atoms with Crippen LogP contribution in [0.25, 0.3) is 5.65 Å². The quantitative estimate of drug-likeness (QED) is 0.486. The third kappa shape index (κ3) is 5.61. The van der Waals surface area contributed by atoms with E-state index in [1.165, 1.54) is 0 Å². The third-order valence-electron chi connectivity index (χ3n) is 5.99. The molecule has 168 valence electrons. The lowest BCUT2D eigenvalue weighted by molar-refractivity contribution is 0.0685. The van der Waals surface area contributed by atoms with Crippen LogP contribution in [0.15, 0.2) is 48.9 Å². The number of hydrogen-bond donors (Lipinski definition) is 1. The van der Waals surface area contributed by atoms with Gasteiger partial charge < -0.3 is 14.6 Å². The molecule has 1 fully saturated rings. The maximum atomic E-state index is 12.7. The first-order valence-electron chi connectivity index (χ1n) is 11.0. The number of pyridine rings is 1. The summed E-state index contributed by atoms with van der Waals surface area (Å²) in [5, 5.41) is 3.95. The minimum absolute atomic E-state index is 0.00977. The monoisotopic (exact) mass is 472 g/mol. The van der Waals surface area contributed by atoms with Gasteiger partial charge in [-0.15, -0.1) is 0 Å². The molecule has 1 aromatic carbocycles. The maximum absolute atomic E-state index is 12.7. The summed E-state index contributed by atoms with van der Waals surface area (Å²) in [6.07, 6.45) is 10.4. The Bertz CT molecular complexity index is 1090. The molecular formula is C24H26Cl2N4O2. The van der Waals surface area contributed by atoms with Crippen molar-refractivity contribution in [2.45, 2.75) is 32.1 Å². The van der Waals surface area contributed by atoms with Crippen LogP contribution in [0.3, 0.4) is 0 Å². The van der Waals surface area contributed by atoms with E-state index in [2.05, 4.69) is 10.3 Å². The Morgan fingerprint density at radius 3 is 2.53 bits per heavy atom. The number of carbonyl (C=O) groups is 2. The molecule has 1 aliphatic heterocycles. The first-order chi connectivity index (χ1) is 15.5.